The van der Waals surface area contributed by atoms with Crippen molar-refractivity contribution in [2.75, 3.05) is 13.7 Å². The van der Waals surface area contributed by atoms with E-state index in [0.29, 0.717) is 11.8 Å². The molecule has 0 aromatic heterocycles. The molecular weight excluding hydrogens is 176 g/mol. The van der Waals surface area contributed by atoms with Crippen molar-refractivity contribution in [1.82, 2.24) is 0 Å². The molecule has 2 rings (SSSR count). The van der Waals surface area contributed by atoms with Gasteiger partial charge in [0.15, 0.2) is 0 Å². The normalized spacial score (nSPS) is 25.1. The Labute approximate surface area is 84.8 Å². The molecule has 76 valence electrons. The third-order valence-corrected chi connectivity index (χ3v) is 3.06. The van der Waals surface area contributed by atoms with Crippen molar-refractivity contribution < 1.29 is 9.47 Å². The van der Waals surface area contributed by atoms with Crippen LogP contribution in [0.3, 0.4) is 0 Å². The van der Waals surface area contributed by atoms with Crippen LogP contribution in [0.1, 0.15) is 25.3 Å². The number of hydrogen-bond donors (Lipinski definition) is 0. The number of rotatable bonds is 1. The van der Waals surface area contributed by atoms with E-state index in [9.17, 15) is 0 Å². The Morgan fingerprint density at radius 3 is 2.86 bits per heavy atom. The van der Waals surface area contributed by atoms with Crippen LogP contribution in [0.4, 0.5) is 0 Å². The first-order valence-electron chi connectivity index (χ1n) is 5.03. The van der Waals surface area contributed by atoms with Crippen molar-refractivity contribution in [2.24, 2.45) is 5.92 Å². The van der Waals surface area contributed by atoms with Crippen LogP contribution in [0.2, 0.25) is 0 Å². The largest absolute Gasteiger partial charge is 0.497 e. The fourth-order valence-electron chi connectivity index (χ4n) is 1.81. The predicted molar refractivity (Wildman–Crippen MR) is 56.1 cm³/mol. The average molecular weight is 192 g/mol. The molecule has 1 aromatic rings. The van der Waals surface area contributed by atoms with Crippen LogP contribution in [-0.4, -0.2) is 13.7 Å². The summed E-state index contributed by atoms with van der Waals surface area (Å²) in [4.78, 5) is 0. The molecule has 1 heterocycles. The van der Waals surface area contributed by atoms with E-state index in [2.05, 4.69) is 19.9 Å². The van der Waals surface area contributed by atoms with E-state index in [4.69, 9.17) is 9.47 Å². The maximum Gasteiger partial charge on any atom is 0.123 e. The Morgan fingerprint density at radius 1 is 1.36 bits per heavy atom. The summed E-state index contributed by atoms with van der Waals surface area (Å²) >= 11 is 0. The van der Waals surface area contributed by atoms with Gasteiger partial charge in [-0.15, -0.1) is 0 Å². The molecular formula is C12H16O2. The molecule has 2 nitrogen and oxygen atoms in total. The average Bonchev–Trinajstić information content (AvgIpc) is 2.23. The minimum absolute atomic E-state index is 0.550. The second-order valence-electron chi connectivity index (χ2n) is 3.98. The van der Waals surface area contributed by atoms with E-state index in [1.165, 1.54) is 5.56 Å². The van der Waals surface area contributed by atoms with Crippen molar-refractivity contribution in [3.05, 3.63) is 23.8 Å². The Morgan fingerprint density at radius 2 is 2.14 bits per heavy atom. The quantitative estimate of drug-likeness (QED) is 0.681. The summed E-state index contributed by atoms with van der Waals surface area (Å²) in [6.45, 7) is 5.28. The van der Waals surface area contributed by atoms with E-state index in [0.717, 1.165) is 18.1 Å². The standard InChI is InChI=1S/C12H16O2/c1-8-7-14-12-5-4-10(13-3)6-11(12)9(8)2/h4-6,8-9H,7H2,1-3H3. The molecule has 0 bridgehead atoms. The second kappa shape index (κ2) is 3.52. The summed E-state index contributed by atoms with van der Waals surface area (Å²) in [6.07, 6.45) is 0. The molecule has 1 aromatic carbocycles. The molecule has 0 fully saturated rings. The zero-order valence-electron chi connectivity index (χ0n) is 8.91. The lowest BCUT2D eigenvalue weighted by atomic mass is 9.87. The van der Waals surface area contributed by atoms with E-state index in [1.807, 2.05) is 12.1 Å². The molecule has 1 aliphatic rings. The lowest BCUT2D eigenvalue weighted by Crippen LogP contribution is -2.21. The third kappa shape index (κ3) is 1.45. The van der Waals surface area contributed by atoms with E-state index >= 15 is 0 Å². The van der Waals surface area contributed by atoms with Gasteiger partial charge >= 0.3 is 0 Å². The topological polar surface area (TPSA) is 18.5 Å². The molecule has 0 saturated heterocycles. The zero-order chi connectivity index (χ0) is 10.1. The van der Waals surface area contributed by atoms with Crippen LogP contribution < -0.4 is 9.47 Å². The molecule has 2 atom stereocenters. The Kier molecular flexibility index (Phi) is 2.36. The summed E-state index contributed by atoms with van der Waals surface area (Å²) in [7, 11) is 1.69. The monoisotopic (exact) mass is 192 g/mol. The molecule has 0 aliphatic carbocycles. The lowest BCUT2D eigenvalue weighted by Gasteiger charge is -2.29. The van der Waals surface area contributed by atoms with Crippen LogP contribution in [0.5, 0.6) is 11.5 Å². The summed E-state index contributed by atoms with van der Waals surface area (Å²) in [5.41, 5.74) is 1.27. The summed E-state index contributed by atoms with van der Waals surface area (Å²) in [6, 6.07) is 6.02. The maximum absolute atomic E-state index is 5.65. The number of benzene rings is 1. The van der Waals surface area contributed by atoms with Crippen molar-refractivity contribution in [3.63, 3.8) is 0 Å². The van der Waals surface area contributed by atoms with Gasteiger partial charge in [-0.05, 0) is 30.0 Å². The number of ether oxygens (including phenoxy) is 2. The lowest BCUT2D eigenvalue weighted by molar-refractivity contribution is 0.211. The minimum Gasteiger partial charge on any atom is -0.497 e. The van der Waals surface area contributed by atoms with Crippen molar-refractivity contribution >= 4 is 0 Å². The SMILES string of the molecule is COc1ccc2c(c1)C(C)C(C)CO2. The fraction of sp³-hybridized carbons (Fsp3) is 0.500. The van der Waals surface area contributed by atoms with Crippen LogP contribution in [0, 0.1) is 5.92 Å². The first-order valence-corrected chi connectivity index (χ1v) is 5.03. The molecule has 0 saturated carbocycles. The molecule has 14 heavy (non-hydrogen) atoms. The molecule has 2 heteroatoms. The van der Waals surface area contributed by atoms with Crippen LogP contribution in [0.25, 0.3) is 0 Å². The van der Waals surface area contributed by atoms with Gasteiger partial charge in [-0.3, -0.25) is 0 Å². The summed E-state index contributed by atoms with van der Waals surface area (Å²) < 4.78 is 10.9. The fourth-order valence-corrected chi connectivity index (χ4v) is 1.81. The van der Waals surface area contributed by atoms with Gasteiger partial charge in [-0.2, -0.15) is 0 Å². The highest BCUT2D eigenvalue weighted by molar-refractivity contribution is 5.43. The van der Waals surface area contributed by atoms with Crippen LogP contribution in [-0.2, 0) is 0 Å². The molecule has 0 N–H and O–H groups in total. The van der Waals surface area contributed by atoms with E-state index in [1.54, 1.807) is 7.11 Å². The van der Waals surface area contributed by atoms with Gasteiger partial charge in [0.1, 0.15) is 11.5 Å². The third-order valence-electron chi connectivity index (χ3n) is 3.06. The number of hydrogen-bond acceptors (Lipinski definition) is 2. The molecule has 0 amide bonds. The molecule has 1 aliphatic heterocycles. The van der Waals surface area contributed by atoms with Gasteiger partial charge < -0.3 is 9.47 Å². The Balaban J connectivity index is 2.41. The molecule has 0 radical (unpaired) electrons. The molecule has 2 unspecified atom stereocenters. The number of fused-ring (bicyclic) bond motifs is 1. The van der Waals surface area contributed by atoms with Gasteiger partial charge in [0.25, 0.3) is 0 Å². The van der Waals surface area contributed by atoms with Gasteiger partial charge in [-0.25, -0.2) is 0 Å². The van der Waals surface area contributed by atoms with Crippen molar-refractivity contribution in [2.45, 2.75) is 19.8 Å². The van der Waals surface area contributed by atoms with Gasteiger partial charge in [-0.1, -0.05) is 13.8 Å². The predicted octanol–water partition coefficient (Wildman–Crippen LogP) is 2.83. The maximum atomic E-state index is 5.65. The minimum atomic E-state index is 0.550. The Bertz CT molecular complexity index is 333. The smallest absolute Gasteiger partial charge is 0.123 e. The van der Waals surface area contributed by atoms with Crippen LogP contribution in [0.15, 0.2) is 18.2 Å². The van der Waals surface area contributed by atoms with Gasteiger partial charge in [0.05, 0.1) is 13.7 Å². The molecule has 0 spiro atoms. The summed E-state index contributed by atoms with van der Waals surface area (Å²) in [5.74, 6) is 3.05. The van der Waals surface area contributed by atoms with E-state index < -0.39 is 0 Å². The van der Waals surface area contributed by atoms with Crippen molar-refractivity contribution in [1.29, 1.82) is 0 Å². The van der Waals surface area contributed by atoms with Gasteiger partial charge in [0.2, 0.25) is 0 Å². The summed E-state index contributed by atoms with van der Waals surface area (Å²) in [5, 5.41) is 0. The Hall–Kier alpha value is -1.18. The highest BCUT2D eigenvalue weighted by atomic mass is 16.5. The first kappa shape index (κ1) is 9.38. The number of methoxy groups -OCH3 is 1. The van der Waals surface area contributed by atoms with E-state index in [-0.39, 0.29) is 0 Å². The second-order valence-corrected chi connectivity index (χ2v) is 3.98. The van der Waals surface area contributed by atoms with Gasteiger partial charge in [0, 0.05) is 5.56 Å². The zero-order valence-corrected chi connectivity index (χ0v) is 8.91. The highest BCUT2D eigenvalue weighted by Gasteiger charge is 2.24. The first-order chi connectivity index (χ1) is 6.72. The van der Waals surface area contributed by atoms with Crippen molar-refractivity contribution in [3.8, 4) is 11.5 Å². The van der Waals surface area contributed by atoms with Crippen LogP contribution >= 0.6 is 0 Å². The highest BCUT2D eigenvalue weighted by Crippen LogP contribution is 2.38.